The zero-order valence-electron chi connectivity index (χ0n) is 13.4. The number of pyridine rings is 1. The highest BCUT2D eigenvalue weighted by Gasteiger charge is 2.45. The molecule has 1 N–H and O–H groups in total. The third-order valence-corrected chi connectivity index (χ3v) is 4.79. The van der Waals surface area contributed by atoms with Gasteiger partial charge in [-0.05, 0) is 31.4 Å². The molecular weight excluding hydrogens is 308 g/mol. The van der Waals surface area contributed by atoms with Gasteiger partial charge in [-0.15, -0.1) is 0 Å². The number of hydrogen-bond donors (Lipinski definition) is 1. The Labute approximate surface area is 139 Å². The van der Waals surface area contributed by atoms with E-state index in [1.807, 2.05) is 12.1 Å². The molecule has 2 aromatic heterocycles. The van der Waals surface area contributed by atoms with Crippen molar-refractivity contribution in [2.24, 2.45) is 5.92 Å². The van der Waals surface area contributed by atoms with Crippen LogP contribution in [0.2, 0.25) is 0 Å². The van der Waals surface area contributed by atoms with Crippen LogP contribution in [0.3, 0.4) is 0 Å². The van der Waals surface area contributed by atoms with Gasteiger partial charge in [0.15, 0.2) is 0 Å². The van der Waals surface area contributed by atoms with Crippen LogP contribution >= 0.6 is 0 Å². The predicted octanol–water partition coefficient (Wildman–Crippen LogP) is 1.75. The Morgan fingerprint density at radius 3 is 3.21 bits per heavy atom. The number of aromatic nitrogens is 3. The Morgan fingerprint density at radius 2 is 2.38 bits per heavy atom. The van der Waals surface area contributed by atoms with Crippen LogP contribution in [0.1, 0.15) is 31.6 Å². The van der Waals surface area contributed by atoms with E-state index in [-0.39, 0.29) is 5.91 Å². The first-order chi connectivity index (χ1) is 11.8. The summed E-state index contributed by atoms with van der Waals surface area (Å²) in [4.78, 5) is 20.4. The molecule has 7 heteroatoms. The molecule has 1 aliphatic carbocycles. The number of hydrogen-bond acceptors (Lipinski definition) is 6. The molecule has 1 saturated carbocycles. The van der Waals surface area contributed by atoms with Gasteiger partial charge in [-0.25, -0.2) is 0 Å². The number of ether oxygens (including phenoxy) is 1. The van der Waals surface area contributed by atoms with E-state index >= 15 is 0 Å². The molecule has 24 heavy (non-hydrogen) atoms. The summed E-state index contributed by atoms with van der Waals surface area (Å²) in [5.41, 5.74) is 0.823. The second-order valence-electron chi connectivity index (χ2n) is 6.38. The number of aryl methyl sites for hydroxylation is 1. The summed E-state index contributed by atoms with van der Waals surface area (Å²) in [7, 11) is 0. The molecule has 7 nitrogen and oxygen atoms in total. The normalized spacial score (nSPS) is 25.1. The van der Waals surface area contributed by atoms with Crippen molar-refractivity contribution in [1.29, 1.82) is 0 Å². The first-order valence-electron chi connectivity index (χ1n) is 8.43. The van der Waals surface area contributed by atoms with Crippen LogP contribution in [-0.2, 0) is 16.0 Å². The standard InChI is InChI=1S/C17H20N4O3/c22-15(19-13-9-14-12(13)6-8-23-14)4-1-5-16-20-17(21-24-16)11-3-2-7-18-10-11/h2-3,7,10,12-14H,1,4-6,8-9H2,(H,19,22)/t12-,13+,14+/m0/s1. The number of fused-ring (bicyclic) bond motifs is 1. The number of carbonyl (C=O) groups excluding carboxylic acids is 1. The summed E-state index contributed by atoms with van der Waals surface area (Å²) in [6.07, 6.45) is 7.55. The van der Waals surface area contributed by atoms with Crippen molar-refractivity contribution in [3.8, 4) is 11.4 Å². The zero-order valence-corrected chi connectivity index (χ0v) is 13.4. The molecule has 0 bridgehead atoms. The Kier molecular flexibility index (Phi) is 4.25. The van der Waals surface area contributed by atoms with Gasteiger partial charge in [0.2, 0.25) is 17.6 Å². The van der Waals surface area contributed by atoms with Gasteiger partial charge in [0.05, 0.1) is 6.10 Å². The monoisotopic (exact) mass is 328 g/mol. The molecule has 2 aromatic rings. The van der Waals surface area contributed by atoms with E-state index in [9.17, 15) is 4.79 Å². The van der Waals surface area contributed by atoms with Crippen molar-refractivity contribution in [2.45, 2.75) is 44.2 Å². The van der Waals surface area contributed by atoms with Crippen molar-refractivity contribution in [2.75, 3.05) is 6.61 Å². The predicted molar refractivity (Wildman–Crippen MR) is 84.9 cm³/mol. The van der Waals surface area contributed by atoms with Gasteiger partial charge in [-0.2, -0.15) is 4.98 Å². The third-order valence-electron chi connectivity index (χ3n) is 4.79. The van der Waals surface area contributed by atoms with E-state index in [2.05, 4.69) is 20.4 Å². The summed E-state index contributed by atoms with van der Waals surface area (Å²) in [5, 5.41) is 7.06. The maximum Gasteiger partial charge on any atom is 0.226 e. The molecule has 4 rings (SSSR count). The Hall–Kier alpha value is -2.28. The van der Waals surface area contributed by atoms with Gasteiger partial charge in [-0.3, -0.25) is 9.78 Å². The van der Waals surface area contributed by atoms with Crippen LogP contribution in [0.4, 0.5) is 0 Å². The first kappa shape index (κ1) is 15.3. The Bertz CT molecular complexity index is 703. The fourth-order valence-electron chi connectivity index (χ4n) is 3.41. The van der Waals surface area contributed by atoms with Crippen LogP contribution in [0, 0.1) is 5.92 Å². The molecule has 1 saturated heterocycles. The maximum atomic E-state index is 12.0. The smallest absolute Gasteiger partial charge is 0.226 e. The molecule has 0 aromatic carbocycles. The first-order valence-corrected chi connectivity index (χ1v) is 8.43. The lowest BCUT2D eigenvalue weighted by Crippen LogP contribution is -2.53. The lowest BCUT2D eigenvalue weighted by molar-refractivity contribution is -0.124. The molecule has 2 aliphatic rings. The largest absolute Gasteiger partial charge is 0.378 e. The van der Waals surface area contributed by atoms with E-state index < -0.39 is 0 Å². The summed E-state index contributed by atoms with van der Waals surface area (Å²) in [6.45, 7) is 0.831. The molecule has 3 atom stereocenters. The van der Waals surface area contributed by atoms with Gasteiger partial charge >= 0.3 is 0 Å². The van der Waals surface area contributed by atoms with Gasteiger partial charge in [0, 0.05) is 49.4 Å². The molecule has 3 heterocycles. The average Bonchev–Trinajstić information content (AvgIpc) is 3.20. The highest BCUT2D eigenvalue weighted by molar-refractivity contribution is 5.76. The van der Waals surface area contributed by atoms with Crippen LogP contribution in [-0.4, -0.2) is 39.8 Å². The summed E-state index contributed by atoms with van der Waals surface area (Å²) in [5.74, 6) is 1.70. The van der Waals surface area contributed by atoms with Gasteiger partial charge in [0.1, 0.15) is 0 Å². The van der Waals surface area contributed by atoms with Crippen LogP contribution in [0.5, 0.6) is 0 Å². The fourth-order valence-corrected chi connectivity index (χ4v) is 3.41. The van der Waals surface area contributed by atoms with E-state index in [4.69, 9.17) is 9.26 Å². The molecule has 0 radical (unpaired) electrons. The highest BCUT2D eigenvalue weighted by Crippen LogP contribution is 2.38. The van der Waals surface area contributed by atoms with Gasteiger partial charge < -0.3 is 14.6 Å². The molecule has 1 amide bonds. The molecular formula is C17H20N4O3. The topological polar surface area (TPSA) is 90.1 Å². The van der Waals surface area contributed by atoms with Crippen molar-refractivity contribution in [1.82, 2.24) is 20.4 Å². The van der Waals surface area contributed by atoms with Crippen LogP contribution < -0.4 is 5.32 Å². The van der Waals surface area contributed by atoms with Crippen molar-refractivity contribution >= 4 is 5.91 Å². The van der Waals surface area contributed by atoms with Gasteiger partial charge in [0.25, 0.3) is 0 Å². The van der Waals surface area contributed by atoms with E-state index in [0.29, 0.717) is 49.0 Å². The second kappa shape index (κ2) is 6.68. The maximum absolute atomic E-state index is 12.0. The van der Waals surface area contributed by atoms with E-state index in [1.54, 1.807) is 12.4 Å². The quantitative estimate of drug-likeness (QED) is 0.869. The molecule has 0 spiro atoms. The van der Waals surface area contributed by atoms with Crippen molar-refractivity contribution in [3.05, 3.63) is 30.4 Å². The SMILES string of the molecule is O=C(CCCc1nc(-c2cccnc2)no1)N[C@@H]1C[C@H]2OCC[C@@H]12. The number of rotatable bonds is 6. The lowest BCUT2D eigenvalue weighted by Gasteiger charge is -2.39. The molecule has 0 unspecified atom stereocenters. The zero-order chi connectivity index (χ0) is 16.4. The molecule has 1 aliphatic heterocycles. The number of nitrogens with zero attached hydrogens (tertiary/aromatic N) is 3. The summed E-state index contributed by atoms with van der Waals surface area (Å²) >= 11 is 0. The molecule has 126 valence electrons. The van der Waals surface area contributed by atoms with E-state index in [0.717, 1.165) is 25.0 Å². The second-order valence-corrected chi connectivity index (χ2v) is 6.38. The average molecular weight is 328 g/mol. The van der Waals surface area contributed by atoms with Crippen molar-refractivity contribution in [3.63, 3.8) is 0 Å². The Morgan fingerprint density at radius 1 is 1.42 bits per heavy atom. The minimum absolute atomic E-state index is 0.0948. The molecule has 2 fully saturated rings. The Balaban J connectivity index is 1.21. The van der Waals surface area contributed by atoms with E-state index in [1.165, 1.54) is 0 Å². The van der Waals surface area contributed by atoms with Crippen molar-refractivity contribution < 1.29 is 14.1 Å². The minimum atomic E-state index is 0.0948. The lowest BCUT2D eigenvalue weighted by atomic mass is 9.76. The third kappa shape index (κ3) is 3.17. The van der Waals surface area contributed by atoms with Crippen LogP contribution in [0.15, 0.2) is 29.0 Å². The minimum Gasteiger partial charge on any atom is -0.378 e. The number of amides is 1. The highest BCUT2D eigenvalue weighted by atomic mass is 16.5. The summed E-state index contributed by atoms with van der Waals surface area (Å²) in [6, 6.07) is 4.01. The fraction of sp³-hybridized carbons (Fsp3) is 0.529. The summed E-state index contributed by atoms with van der Waals surface area (Å²) < 4.78 is 10.8. The number of carbonyl (C=O) groups is 1. The van der Waals surface area contributed by atoms with Crippen LogP contribution in [0.25, 0.3) is 11.4 Å². The number of nitrogens with one attached hydrogen (secondary N) is 1. The van der Waals surface area contributed by atoms with Gasteiger partial charge in [-0.1, -0.05) is 5.16 Å².